The zero-order valence-corrected chi connectivity index (χ0v) is 15.6. The third-order valence-electron chi connectivity index (χ3n) is 4.56. The largest absolute Gasteiger partial charge is 0.377 e. The number of aryl methyl sites for hydroxylation is 1. The standard InChI is InChI=1S/C17H29N7O2/c1-18-17(19-9-3-4-16(25)20-12-5-6-12)21-13-7-8-15-22-14(11-26-2)23-24(15)10-13/h12-13H,3-11H2,1-2H3,(H,20,25)(H2,18,19,21). The smallest absolute Gasteiger partial charge is 0.220 e. The molecule has 9 heteroatoms. The highest BCUT2D eigenvalue weighted by Gasteiger charge is 2.23. The normalized spacial score (nSPS) is 19.8. The Labute approximate surface area is 154 Å². The summed E-state index contributed by atoms with van der Waals surface area (Å²) >= 11 is 0. The number of aromatic nitrogens is 3. The molecule has 2 aliphatic rings. The number of ether oxygens (including phenoxy) is 1. The van der Waals surface area contributed by atoms with Crippen LogP contribution in [-0.2, 0) is 29.1 Å². The van der Waals surface area contributed by atoms with Crippen LogP contribution in [0, 0.1) is 0 Å². The highest BCUT2D eigenvalue weighted by atomic mass is 16.5. The lowest BCUT2D eigenvalue weighted by Crippen LogP contribution is -2.47. The van der Waals surface area contributed by atoms with E-state index in [1.54, 1.807) is 14.2 Å². The zero-order chi connectivity index (χ0) is 18.4. The molecule has 26 heavy (non-hydrogen) atoms. The molecule has 1 saturated carbocycles. The topological polar surface area (TPSA) is 105 Å². The highest BCUT2D eigenvalue weighted by Crippen LogP contribution is 2.18. The Balaban J connectivity index is 1.38. The Morgan fingerprint density at radius 2 is 2.15 bits per heavy atom. The maximum atomic E-state index is 11.7. The fourth-order valence-corrected chi connectivity index (χ4v) is 3.04. The van der Waals surface area contributed by atoms with E-state index in [0.29, 0.717) is 19.1 Å². The van der Waals surface area contributed by atoms with Crippen molar-refractivity contribution in [1.29, 1.82) is 0 Å². The average Bonchev–Trinajstić information content (AvgIpc) is 3.34. The van der Waals surface area contributed by atoms with E-state index in [1.807, 2.05) is 4.68 Å². The van der Waals surface area contributed by atoms with Crippen molar-refractivity contribution in [2.24, 2.45) is 4.99 Å². The minimum atomic E-state index is 0.148. The van der Waals surface area contributed by atoms with Crippen LogP contribution in [0.5, 0.6) is 0 Å². The summed E-state index contributed by atoms with van der Waals surface area (Å²) in [6, 6.07) is 0.686. The van der Waals surface area contributed by atoms with Crippen molar-refractivity contribution in [3.05, 3.63) is 11.6 Å². The third kappa shape index (κ3) is 5.42. The second-order valence-corrected chi connectivity index (χ2v) is 6.88. The number of carbonyl (C=O) groups excluding carboxylic acids is 1. The van der Waals surface area contributed by atoms with Gasteiger partial charge < -0.3 is 20.7 Å². The number of hydrogen-bond donors (Lipinski definition) is 3. The number of carbonyl (C=O) groups is 1. The summed E-state index contributed by atoms with van der Waals surface area (Å²) in [4.78, 5) is 20.4. The zero-order valence-electron chi connectivity index (χ0n) is 15.6. The molecule has 0 radical (unpaired) electrons. The molecule has 144 valence electrons. The Morgan fingerprint density at radius 3 is 2.88 bits per heavy atom. The van der Waals surface area contributed by atoms with Crippen molar-refractivity contribution in [2.75, 3.05) is 20.7 Å². The van der Waals surface area contributed by atoms with E-state index in [9.17, 15) is 4.79 Å². The molecule has 0 bridgehead atoms. The quantitative estimate of drug-likeness (QED) is 0.340. The number of amides is 1. The van der Waals surface area contributed by atoms with Crippen LogP contribution >= 0.6 is 0 Å². The van der Waals surface area contributed by atoms with Crippen LogP contribution in [0.1, 0.15) is 43.8 Å². The van der Waals surface area contributed by atoms with Gasteiger partial charge in [-0.3, -0.25) is 9.79 Å². The number of nitrogens with zero attached hydrogens (tertiary/aromatic N) is 4. The molecule has 1 aromatic heterocycles. The van der Waals surface area contributed by atoms with Gasteiger partial charge in [0.15, 0.2) is 11.8 Å². The van der Waals surface area contributed by atoms with Gasteiger partial charge in [0, 0.05) is 45.6 Å². The van der Waals surface area contributed by atoms with Crippen molar-refractivity contribution in [3.8, 4) is 0 Å². The Bertz CT molecular complexity index is 639. The molecule has 0 spiro atoms. The van der Waals surface area contributed by atoms with E-state index in [1.165, 1.54) is 0 Å². The van der Waals surface area contributed by atoms with E-state index < -0.39 is 0 Å². The van der Waals surface area contributed by atoms with Gasteiger partial charge in [0.2, 0.25) is 5.91 Å². The first kappa shape index (κ1) is 18.6. The van der Waals surface area contributed by atoms with Gasteiger partial charge in [0.25, 0.3) is 0 Å². The summed E-state index contributed by atoms with van der Waals surface area (Å²) in [5.74, 6) is 2.66. The molecular formula is C17H29N7O2. The van der Waals surface area contributed by atoms with Crippen LogP contribution in [-0.4, -0.2) is 59.4 Å². The number of hydrogen-bond acceptors (Lipinski definition) is 5. The van der Waals surface area contributed by atoms with Crippen molar-refractivity contribution >= 4 is 11.9 Å². The number of fused-ring (bicyclic) bond motifs is 1. The summed E-state index contributed by atoms with van der Waals surface area (Å²) in [7, 11) is 3.41. The maximum absolute atomic E-state index is 11.7. The predicted molar refractivity (Wildman–Crippen MR) is 97.7 cm³/mol. The number of aliphatic imine (C=N–C) groups is 1. The van der Waals surface area contributed by atoms with Crippen LogP contribution in [0.25, 0.3) is 0 Å². The fraction of sp³-hybridized carbons (Fsp3) is 0.765. The molecule has 1 unspecified atom stereocenters. The first-order chi connectivity index (χ1) is 12.7. The lowest BCUT2D eigenvalue weighted by atomic mass is 10.1. The van der Waals surface area contributed by atoms with Gasteiger partial charge in [-0.2, -0.15) is 5.10 Å². The van der Waals surface area contributed by atoms with Gasteiger partial charge in [-0.05, 0) is 25.7 Å². The van der Waals surface area contributed by atoms with Gasteiger partial charge >= 0.3 is 0 Å². The lowest BCUT2D eigenvalue weighted by molar-refractivity contribution is -0.121. The minimum absolute atomic E-state index is 0.148. The molecule has 3 N–H and O–H groups in total. The van der Waals surface area contributed by atoms with Gasteiger partial charge in [-0.1, -0.05) is 0 Å². The molecule has 3 rings (SSSR count). The average molecular weight is 363 g/mol. The number of guanidine groups is 1. The molecule has 1 atom stereocenters. The molecule has 1 fully saturated rings. The molecule has 1 aliphatic carbocycles. The van der Waals surface area contributed by atoms with Gasteiger partial charge in [-0.25, -0.2) is 9.67 Å². The minimum Gasteiger partial charge on any atom is -0.377 e. The number of methoxy groups -OCH3 is 1. The molecule has 9 nitrogen and oxygen atoms in total. The molecule has 1 amide bonds. The van der Waals surface area contributed by atoms with Crippen LogP contribution in [0.15, 0.2) is 4.99 Å². The molecule has 0 aromatic carbocycles. The second-order valence-electron chi connectivity index (χ2n) is 6.88. The van der Waals surface area contributed by atoms with Crippen LogP contribution < -0.4 is 16.0 Å². The first-order valence-corrected chi connectivity index (χ1v) is 9.36. The molecule has 0 saturated heterocycles. The van der Waals surface area contributed by atoms with Crippen molar-refractivity contribution in [3.63, 3.8) is 0 Å². The Kier molecular flexibility index (Phi) is 6.43. The summed E-state index contributed by atoms with van der Waals surface area (Å²) in [5.41, 5.74) is 0. The number of rotatable bonds is 8. The van der Waals surface area contributed by atoms with Gasteiger partial charge in [0.1, 0.15) is 12.4 Å². The van der Waals surface area contributed by atoms with E-state index in [2.05, 4.69) is 31.0 Å². The molecular weight excluding hydrogens is 334 g/mol. The highest BCUT2D eigenvalue weighted by molar-refractivity contribution is 5.80. The number of nitrogens with one attached hydrogen (secondary N) is 3. The van der Waals surface area contributed by atoms with E-state index in [-0.39, 0.29) is 11.9 Å². The predicted octanol–water partition coefficient (Wildman–Crippen LogP) is -0.0369. The summed E-state index contributed by atoms with van der Waals surface area (Å²) in [6.07, 6.45) is 5.46. The van der Waals surface area contributed by atoms with Crippen LogP contribution in [0.4, 0.5) is 0 Å². The van der Waals surface area contributed by atoms with Crippen molar-refractivity contribution < 1.29 is 9.53 Å². The summed E-state index contributed by atoms with van der Waals surface area (Å²) in [5, 5.41) is 14.2. The lowest BCUT2D eigenvalue weighted by Gasteiger charge is -2.25. The molecule has 1 aliphatic heterocycles. The van der Waals surface area contributed by atoms with E-state index >= 15 is 0 Å². The molecule has 2 heterocycles. The molecule has 1 aromatic rings. The monoisotopic (exact) mass is 363 g/mol. The Hall–Kier alpha value is -2.16. The first-order valence-electron chi connectivity index (χ1n) is 9.36. The summed E-state index contributed by atoms with van der Waals surface area (Å²) < 4.78 is 7.05. The van der Waals surface area contributed by atoms with E-state index in [0.717, 1.165) is 62.8 Å². The maximum Gasteiger partial charge on any atom is 0.220 e. The van der Waals surface area contributed by atoms with Crippen molar-refractivity contribution in [2.45, 2.75) is 63.8 Å². The Morgan fingerprint density at radius 1 is 1.31 bits per heavy atom. The van der Waals surface area contributed by atoms with Crippen LogP contribution in [0.3, 0.4) is 0 Å². The summed E-state index contributed by atoms with van der Waals surface area (Å²) in [6.45, 7) is 1.92. The van der Waals surface area contributed by atoms with Crippen LogP contribution in [0.2, 0.25) is 0 Å². The fourth-order valence-electron chi connectivity index (χ4n) is 3.04. The second kappa shape index (κ2) is 8.98. The van der Waals surface area contributed by atoms with Crippen molar-refractivity contribution in [1.82, 2.24) is 30.7 Å². The third-order valence-corrected chi connectivity index (χ3v) is 4.56. The van der Waals surface area contributed by atoms with E-state index in [4.69, 9.17) is 4.74 Å². The van der Waals surface area contributed by atoms with Gasteiger partial charge in [-0.15, -0.1) is 0 Å². The SMILES string of the molecule is CN=C(NCCCC(=O)NC1CC1)NC1CCc2nc(COC)nn2C1. The van der Waals surface area contributed by atoms with Gasteiger partial charge in [0.05, 0.1) is 6.54 Å².